The van der Waals surface area contributed by atoms with Crippen LogP contribution in [0, 0.1) is 13.8 Å². The molecule has 0 saturated carbocycles. The van der Waals surface area contributed by atoms with Gasteiger partial charge in [-0.25, -0.2) is 0 Å². The summed E-state index contributed by atoms with van der Waals surface area (Å²) in [5.74, 6) is 0.835. The smallest absolute Gasteiger partial charge is 0.191 e. The number of nitrogens with zero attached hydrogens (tertiary/aromatic N) is 3. The van der Waals surface area contributed by atoms with Crippen molar-refractivity contribution in [3.05, 3.63) is 17.0 Å². The Kier molecular flexibility index (Phi) is 7.46. The summed E-state index contributed by atoms with van der Waals surface area (Å²) in [6, 6.07) is 0.252. The molecule has 7 nitrogen and oxygen atoms in total. The monoisotopic (exact) mass is 365 g/mol. The zero-order chi connectivity index (χ0) is 19.2. The lowest BCUT2D eigenvalue weighted by Gasteiger charge is -2.34. The van der Waals surface area contributed by atoms with Crippen LogP contribution >= 0.6 is 0 Å². The molecule has 1 atom stereocenters. The van der Waals surface area contributed by atoms with Crippen molar-refractivity contribution in [2.75, 3.05) is 33.4 Å². The fraction of sp³-hybridized carbons (Fsp3) is 0.789. The number of rotatable bonds is 7. The second-order valence-corrected chi connectivity index (χ2v) is 7.22. The Morgan fingerprint density at radius 3 is 2.62 bits per heavy atom. The molecule has 1 aliphatic rings. The number of nitrogens with one attached hydrogen (secondary N) is 2. The van der Waals surface area contributed by atoms with Gasteiger partial charge in [-0.3, -0.25) is 9.67 Å². The lowest BCUT2D eigenvalue weighted by Crippen LogP contribution is -2.46. The van der Waals surface area contributed by atoms with Crippen LogP contribution in [0.1, 0.15) is 43.6 Å². The maximum Gasteiger partial charge on any atom is 0.191 e. The molecule has 1 aliphatic heterocycles. The van der Waals surface area contributed by atoms with Crippen LogP contribution in [0.25, 0.3) is 0 Å². The molecule has 2 heterocycles. The van der Waals surface area contributed by atoms with Gasteiger partial charge in [0.05, 0.1) is 17.8 Å². The van der Waals surface area contributed by atoms with Gasteiger partial charge in [-0.05, 0) is 39.7 Å². The van der Waals surface area contributed by atoms with Crippen LogP contribution < -0.4 is 10.6 Å². The lowest BCUT2D eigenvalue weighted by molar-refractivity contribution is -0.0828. The molecule has 0 radical (unpaired) electrons. The van der Waals surface area contributed by atoms with E-state index in [-0.39, 0.29) is 11.6 Å². The van der Waals surface area contributed by atoms with E-state index in [1.54, 1.807) is 7.11 Å². The van der Waals surface area contributed by atoms with Gasteiger partial charge in [-0.2, -0.15) is 5.10 Å². The zero-order valence-corrected chi connectivity index (χ0v) is 17.2. The Morgan fingerprint density at radius 2 is 2.08 bits per heavy atom. The highest BCUT2D eigenvalue weighted by Gasteiger charge is 2.32. The highest BCUT2D eigenvalue weighted by molar-refractivity contribution is 5.80. The average molecular weight is 366 g/mol. The van der Waals surface area contributed by atoms with Crippen molar-refractivity contribution in [3.8, 4) is 0 Å². The number of guanidine groups is 1. The molecule has 1 aromatic rings. The number of ether oxygens (including phenoxy) is 2. The van der Waals surface area contributed by atoms with Crippen LogP contribution in [0.5, 0.6) is 0 Å². The Hall–Kier alpha value is -1.60. The summed E-state index contributed by atoms with van der Waals surface area (Å²) in [4.78, 5) is 4.80. The maximum atomic E-state index is 5.79. The predicted molar refractivity (Wildman–Crippen MR) is 105 cm³/mol. The minimum Gasteiger partial charge on any atom is -0.381 e. The van der Waals surface area contributed by atoms with E-state index in [4.69, 9.17) is 14.5 Å². The first-order valence-electron chi connectivity index (χ1n) is 9.57. The molecule has 1 fully saturated rings. The van der Waals surface area contributed by atoms with Crippen LogP contribution in [0.4, 0.5) is 0 Å². The molecule has 0 aliphatic carbocycles. The fourth-order valence-electron chi connectivity index (χ4n) is 3.42. The molecule has 0 bridgehead atoms. The number of aliphatic imine (C=N–C) groups is 1. The van der Waals surface area contributed by atoms with E-state index in [2.05, 4.69) is 43.4 Å². The van der Waals surface area contributed by atoms with Crippen molar-refractivity contribution >= 4 is 5.96 Å². The van der Waals surface area contributed by atoms with Crippen molar-refractivity contribution in [1.29, 1.82) is 0 Å². The Morgan fingerprint density at radius 1 is 1.38 bits per heavy atom. The molecular formula is C19H35N5O2. The SMILES string of the molecule is CCNC(=NCC1(OC)CCOCC1)NC(C)Cc1c(C)nn(C)c1C. The van der Waals surface area contributed by atoms with Crippen molar-refractivity contribution in [3.63, 3.8) is 0 Å². The summed E-state index contributed by atoms with van der Waals surface area (Å²) in [5, 5.41) is 11.4. The molecule has 0 spiro atoms. The van der Waals surface area contributed by atoms with Gasteiger partial charge < -0.3 is 20.1 Å². The van der Waals surface area contributed by atoms with Gasteiger partial charge in [0.15, 0.2) is 5.96 Å². The Labute approximate surface area is 157 Å². The van der Waals surface area contributed by atoms with Gasteiger partial charge >= 0.3 is 0 Å². The first-order chi connectivity index (χ1) is 12.4. The van der Waals surface area contributed by atoms with Gasteiger partial charge in [0, 0.05) is 58.5 Å². The predicted octanol–water partition coefficient (Wildman–Crippen LogP) is 1.72. The largest absolute Gasteiger partial charge is 0.381 e. The summed E-state index contributed by atoms with van der Waals surface area (Å²) in [5.41, 5.74) is 3.42. The van der Waals surface area contributed by atoms with Crippen LogP contribution in [0.2, 0.25) is 0 Å². The Balaban J connectivity index is 2.01. The second kappa shape index (κ2) is 9.37. The van der Waals surface area contributed by atoms with Gasteiger partial charge in [0.25, 0.3) is 0 Å². The molecule has 1 saturated heterocycles. The summed E-state index contributed by atoms with van der Waals surface area (Å²) < 4.78 is 13.2. The fourth-order valence-corrected chi connectivity index (χ4v) is 3.42. The molecule has 1 aromatic heterocycles. The number of hydrogen-bond acceptors (Lipinski definition) is 4. The molecule has 2 N–H and O–H groups in total. The van der Waals surface area contributed by atoms with Gasteiger partial charge in [0.2, 0.25) is 0 Å². The molecule has 0 amide bonds. The van der Waals surface area contributed by atoms with Gasteiger partial charge in [0.1, 0.15) is 0 Å². The maximum absolute atomic E-state index is 5.79. The van der Waals surface area contributed by atoms with E-state index >= 15 is 0 Å². The molecule has 1 unspecified atom stereocenters. The van der Waals surface area contributed by atoms with E-state index in [1.165, 1.54) is 11.3 Å². The summed E-state index contributed by atoms with van der Waals surface area (Å²) >= 11 is 0. The number of hydrogen-bond donors (Lipinski definition) is 2. The van der Waals surface area contributed by atoms with Crippen molar-refractivity contribution in [1.82, 2.24) is 20.4 Å². The van der Waals surface area contributed by atoms with Crippen LogP contribution in [-0.4, -0.2) is 60.8 Å². The van der Waals surface area contributed by atoms with E-state index in [9.17, 15) is 0 Å². The van der Waals surface area contributed by atoms with Crippen molar-refractivity contribution in [2.45, 2.75) is 58.6 Å². The summed E-state index contributed by atoms with van der Waals surface area (Å²) in [6.07, 6.45) is 2.69. The second-order valence-electron chi connectivity index (χ2n) is 7.22. The third-order valence-electron chi connectivity index (χ3n) is 5.26. The van der Waals surface area contributed by atoms with Crippen LogP contribution in [-0.2, 0) is 22.9 Å². The van der Waals surface area contributed by atoms with Gasteiger partial charge in [-0.15, -0.1) is 0 Å². The number of aromatic nitrogens is 2. The van der Waals surface area contributed by atoms with Gasteiger partial charge in [-0.1, -0.05) is 0 Å². The molecule has 26 heavy (non-hydrogen) atoms. The molecule has 0 aromatic carbocycles. The molecular weight excluding hydrogens is 330 g/mol. The first kappa shape index (κ1) is 20.7. The van der Waals surface area contributed by atoms with Crippen LogP contribution in [0.3, 0.4) is 0 Å². The molecule has 7 heteroatoms. The highest BCUT2D eigenvalue weighted by atomic mass is 16.5. The summed E-state index contributed by atoms with van der Waals surface area (Å²) in [6.45, 7) is 11.4. The first-order valence-corrected chi connectivity index (χ1v) is 9.57. The average Bonchev–Trinajstić information content (AvgIpc) is 2.87. The lowest BCUT2D eigenvalue weighted by atomic mass is 9.94. The van der Waals surface area contributed by atoms with E-state index in [0.717, 1.165) is 50.7 Å². The number of methoxy groups -OCH3 is 1. The molecule has 148 valence electrons. The topological polar surface area (TPSA) is 72.7 Å². The third kappa shape index (κ3) is 5.20. The van der Waals surface area contributed by atoms with Crippen LogP contribution in [0.15, 0.2) is 4.99 Å². The number of aryl methyl sites for hydroxylation is 2. The van der Waals surface area contributed by atoms with Crippen molar-refractivity contribution < 1.29 is 9.47 Å². The molecule has 2 rings (SSSR count). The standard InChI is InChI=1S/C19H35N5O2/c1-7-20-18(21-13-19(25-6)8-10-26-11-9-19)22-14(2)12-17-15(3)23-24(5)16(17)4/h14H,7-13H2,1-6H3,(H2,20,21,22). The van der Waals surface area contributed by atoms with Crippen molar-refractivity contribution in [2.24, 2.45) is 12.0 Å². The summed E-state index contributed by atoms with van der Waals surface area (Å²) in [7, 11) is 3.77. The minimum atomic E-state index is -0.208. The quantitative estimate of drug-likeness (QED) is 0.569. The zero-order valence-electron chi connectivity index (χ0n) is 17.2. The van der Waals surface area contributed by atoms with E-state index in [0.29, 0.717) is 6.54 Å². The van der Waals surface area contributed by atoms with E-state index < -0.39 is 0 Å². The highest BCUT2D eigenvalue weighted by Crippen LogP contribution is 2.24. The minimum absolute atomic E-state index is 0.208. The van der Waals surface area contributed by atoms with E-state index in [1.807, 2.05) is 11.7 Å². The normalized spacial score (nSPS) is 18.6. The third-order valence-corrected chi connectivity index (χ3v) is 5.26. The Bertz CT molecular complexity index is 605.